The van der Waals surface area contributed by atoms with Crippen LogP contribution < -0.4 is 16.2 Å². The molecular weight excluding hydrogens is 228 g/mol. The highest BCUT2D eigenvalue weighted by molar-refractivity contribution is 5.59. The summed E-state index contributed by atoms with van der Waals surface area (Å²) in [4.78, 5) is 20.2. The molecule has 0 unspecified atom stereocenters. The molecule has 0 atom stereocenters. The maximum atomic E-state index is 11.4. The molecule has 5 heteroatoms. The summed E-state index contributed by atoms with van der Waals surface area (Å²) < 4.78 is 0. The Balaban J connectivity index is 2.40. The fourth-order valence-electron chi connectivity index (χ4n) is 1.76. The van der Waals surface area contributed by atoms with Crippen molar-refractivity contribution in [3.63, 3.8) is 0 Å². The number of nitrogens with two attached hydrogens (primary N) is 1. The number of benzene rings is 1. The minimum Gasteiger partial charge on any atom is -0.329 e. The molecule has 0 spiro atoms. The van der Waals surface area contributed by atoms with E-state index in [2.05, 4.69) is 9.97 Å². The van der Waals surface area contributed by atoms with Gasteiger partial charge < -0.3 is 15.6 Å². The van der Waals surface area contributed by atoms with Crippen LogP contribution in [0.15, 0.2) is 35.1 Å². The monoisotopic (exact) mass is 244 g/mol. The lowest BCUT2D eigenvalue weighted by Gasteiger charge is -2.18. The number of H-pyrrole nitrogens is 1. The van der Waals surface area contributed by atoms with Crippen LogP contribution in [-0.2, 0) is 6.54 Å². The molecule has 0 bridgehead atoms. The molecule has 0 radical (unpaired) electrons. The largest absolute Gasteiger partial charge is 0.329 e. The quantitative estimate of drug-likeness (QED) is 0.853. The smallest absolute Gasteiger partial charge is 0.252 e. The highest BCUT2D eigenvalue weighted by Crippen LogP contribution is 2.21. The summed E-state index contributed by atoms with van der Waals surface area (Å²) in [5.41, 5.74) is 7.46. The van der Waals surface area contributed by atoms with Crippen molar-refractivity contribution in [2.24, 2.45) is 5.73 Å². The van der Waals surface area contributed by atoms with Gasteiger partial charge in [-0.25, -0.2) is 4.98 Å². The summed E-state index contributed by atoms with van der Waals surface area (Å²) in [6.45, 7) is 2.25. The van der Waals surface area contributed by atoms with E-state index in [4.69, 9.17) is 5.73 Å². The second-order valence-corrected chi connectivity index (χ2v) is 4.12. The van der Waals surface area contributed by atoms with Crippen LogP contribution in [0.25, 0.3) is 0 Å². The van der Waals surface area contributed by atoms with E-state index in [-0.39, 0.29) is 5.56 Å². The van der Waals surface area contributed by atoms with E-state index in [0.29, 0.717) is 18.2 Å². The van der Waals surface area contributed by atoms with Gasteiger partial charge in [0.25, 0.3) is 5.56 Å². The average Bonchev–Trinajstić information content (AvgIpc) is 2.37. The number of aromatic nitrogens is 2. The van der Waals surface area contributed by atoms with Crippen LogP contribution in [0.3, 0.4) is 0 Å². The Labute approximate surface area is 105 Å². The number of hydrogen-bond acceptors (Lipinski definition) is 4. The molecule has 5 nitrogen and oxygen atoms in total. The highest BCUT2D eigenvalue weighted by Gasteiger charge is 2.07. The van der Waals surface area contributed by atoms with Gasteiger partial charge in [-0.3, -0.25) is 4.79 Å². The van der Waals surface area contributed by atoms with E-state index >= 15 is 0 Å². The summed E-state index contributed by atoms with van der Waals surface area (Å²) in [6, 6.07) is 9.32. The molecule has 0 saturated heterocycles. The number of rotatable bonds is 3. The molecule has 0 fully saturated rings. The van der Waals surface area contributed by atoms with Gasteiger partial charge in [0.15, 0.2) is 0 Å². The van der Waals surface area contributed by atoms with Crippen LogP contribution in [0, 0.1) is 6.92 Å². The van der Waals surface area contributed by atoms with Crippen molar-refractivity contribution in [3.05, 3.63) is 52.1 Å². The molecule has 18 heavy (non-hydrogen) atoms. The SMILES string of the molecule is Cc1nc(N(C)c2cccc(CN)c2)cc(=O)[nH]1. The first-order valence-electron chi connectivity index (χ1n) is 5.71. The molecule has 3 N–H and O–H groups in total. The Hall–Kier alpha value is -2.14. The number of hydrogen-bond donors (Lipinski definition) is 2. The lowest BCUT2D eigenvalue weighted by molar-refractivity contribution is 0.984. The van der Waals surface area contributed by atoms with Crippen molar-refractivity contribution in [3.8, 4) is 0 Å². The van der Waals surface area contributed by atoms with E-state index in [9.17, 15) is 4.79 Å². The van der Waals surface area contributed by atoms with Crippen molar-refractivity contribution in [2.75, 3.05) is 11.9 Å². The zero-order valence-electron chi connectivity index (χ0n) is 10.5. The number of nitrogens with one attached hydrogen (secondary N) is 1. The molecule has 0 saturated carbocycles. The number of nitrogens with zero attached hydrogens (tertiary/aromatic N) is 2. The molecule has 94 valence electrons. The first-order chi connectivity index (χ1) is 8.60. The van der Waals surface area contributed by atoms with Crippen LogP contribution >= 0.6 is 0 Å². The number of aromatic amines is 1. The van der Waals surface area contributed by atoms with Gasteiger partial charge >= 0.3 is 0 Å². The summed E-state index contributed by atoms with van der Waals surface area (Å²) in [7, 11) is 1.87. The minimum atomic E-state index is -0.153. The van der Waals surface area contributed by atoms with E-state index in [0.717, 1.165) is 11.3 Å². The predicted octanol–water partition coefficient (Wildman–Crippen LogP) is 1.30. The first kappa shape index (κ1) is 12.3. The molecule has 1 aromatic heterocycles. The van der Waals surface area contributed by atoms with E-state index < -0.39 is 0 Å². The summed E-state index contributed by atoms with van der Waals surface area (Å²) >= 11 is 0. The van der Waals surface area contributed by atoms with Gasteiger partial charge in [0.05, 0.1) is 0 Å². The molecule has 0 amide bonds. The van der Waals surface area contributed by atoms with Crippen LogP contribution in [0.1, 0.15) is 11.4 Å². The third-order valence-corrected chi connectivity index (χ3v) is 2.72. The fourth-order valence-corrected chi connectivity index (χ4v) is 1.76. The minimum absolute atomic E-state index is 0.153. The van der Waals surface area contributed by atoms with Gasteiger partial charge in [0, 0.05) is 25.3 Å². The predicted molar refractivity (Wildman–Crippen MR) is 72.0 cm³/mol. The van der Waals surface area contributed by atoms with Gasteiger partial charge in [0.1, 0.15) is 11.6 Å². The maximum Gasteiger partial charge on any atom is 0.252 e. The first-order valence-corrected chi connectivity index (χ1v) is 5.71. The summed E-state index contributed by atoms with van der Waals surface area (Å²) in [5.74, 6) is 1.21. The van der Waals surface area contributed by atoms with Crippen molar-refractivity contribution < 1.29 is 0 Å². The van der Waals surface area contributed by atoms with Gasteiger partial charge in [-0.05, 0) is 24.6 Å². The average molecular weight is 244 g/mol. The van der Waals surface area contributed by atoms with Crippen molar-refractivity contribution in [2.45, 2.75) is 13.5 Å². The molecular formula is C13H16N4O. The second kappa shape index (κ2) is 5.01. The normalized spacial score (nSPS) is 10.4. The Morgan fingerprint density at radius 1 is 1.39 bits per heavy atom. The topological polar surface area (TPSA) is 75.0 Å². The van der Waals surface area contributed by atoms with Gasteiger partial charge in [-0.15, -0.1) is 0 Å². The van der Waals surface area contributed by atoms with Gasteiger partial charge in [-0.1, -0.05) is 12.1 Å². The van der Waals surface area contributed by atoms with Crippen LogP contribution in [0.2, 0.25) is 0 Å². The number of anilines is 2. The standard InChI is InChI=1S/C13H16N4O/c1-9-15-12(7-13(18)16-9)17(2)11-5-3-4-10(6-11)8-14/h3-7H,8,14H2,1-2H3,(H,15,16,18). The molecule has 0 aliphatic carbocycles. The maximum absolute atomic E-state index is 11.4. The van der Waals surface area contributed by atoms with Gasteiger partial charge in [-0.2, -0.15) is 0 Å². The Morgan fingerprint density at radius 2 is 2.17 bits per heavy atom. The van der Waals surface area contributed by atoms with Crippen LogP contribution in [0.4, 0.5) is 11.5 Å². The van der Waals surface area contributed by atoms with E-state index in [1.165, 1.54) is 6.07 Å². The van der Waals surface area contributed by atoms with E-state index in [1.54, 1.807) is 6.92 Å². The van der Waals surface area contributed by atoms with Crippen LogP contribution in [-0.4, -0.2) is 17.0 Å². The molecule has 2 rings (SSSR count). The molecule has 0 aliphatic rings. The van der Waals surface area contributed by atoms with Crippen LogP contribution in [0.5, 0.6) is 0 Å². The van der Waals surface area contributed by atoms with Crippen molar-refractivity contribution >= 4 is 11.5 Å². The van der Waals surface area contributed by atoms with Gasteiger partial charge in [0.2, 0.25) is 0 Å². The zero-order valence-corrected chi connectivity index (χ0v) is 10.5. The third-order valence-electron chi connectivity index (χ3n) is 2.72. The van der Waals surface area contributed by atoms with E-state index in [1.807, 2.05) is 36.2 Å². The molecule has 2 aromatic rings. The zero-order chi connectivity index (χ0) is 13.1. The molecule has 1 heterocycles. The Bertz CT molecular complexity index is 606. The Kier molecular flexibility index (Phi) is 3.43. The van der Waals surface area contributed by atoms with Crippen molar-refractivity contribution in [1.82, 2.24) is 9.97 Å². The number of aryl methyl sites for hydroxylation is 1. The molecule has 0 aliphatic heterocycles. The lowest BCUT2D eigenvalue weighted by atomic mass is 10.2. The summed E-state index contributed by atoms with van der Waals surface area (Å²) in [5, 5.41) is 0. The highest BCUT2D eigenvalue weighted by atomic mass is 16.1. The summed E-state index contributed by atoms with van der Waals surface area (Å²) in [6.07, 6.45) is 0. The Morgan fingerprint density at radius 3 is 2.83 bits per heavy atom. The second-order valence-electron chi connectivity index (χ2n) is 4.12. The molecule has 1 aromatic carbocycles. The third kappa shape index (κ3) is 2.57. The van der Waals surface area contributed by atoms with Crippen molar-refractivity contribution in [1.29, 1.82) is 0 Å². The lowest BCUT2D eigenvalue weighted by Crippen LogP contribution is -2.17. The fraction of sp³-hybridized carbons (Fsp3) is 0.231.